The zero-order valence-corrected chi connectivity index (χ0v) is 16.3. The molecule has 0 saturated carbocycles. The van der Waals surface area contributed by atoms with Gasteiger partial charge in [0.15, 0.2) is 6.10 Å². The van der Waals surface area contributed by atoms with Gasteiger partial charge in [-0.15, -0.1) is 0 Å². The minimum Gasteiger partial charge on any atom is -0.465 e. The van der Waals surface area contributed by atoms with E-state index in [9.17, 15) is 14.4 Å². The lowest BCUT2D eigenvalue weighted by atomic mass is 10.0. The van der Waals surface area contributed by atoms with Crippen molar-refractivity contribution in [3.05, 3.63) is 0 Å². The van der Waals surface area contributed by atoms with Gasteiger partial charge in [-0.3, -0.25) is 9.59 Å². The Kier molecular flexibility index (Phi) is 12.8. The first-order valence-electron chi connectivity index (χ1n) is 9.34. The van der Waals surface area contributed by atoms with Crippen LogP contribution in [0.2, 0.25) is 0 Å². The van der Waals surface area contributed by atoms with Crippen molar-refractivity contribution in [2.45, 2.75) is 79.2 Å². The van der Waals surface area contributed by atoms with Crippen molar-refractivity contribution in [1.29, 1.82) is 0 Å². The molecule has 0 aliphatic heterocycles. The lowest BCUT2D eigenvalue weighted by molar-refractivity contribution is -0.167. The molecule has 0 radical (unpaired) electrons. The molecule has 0 aromatic rings. The fourth-order valence-corrected chi connectivity index (χ4v) is 2.08. The molecule has 0 N–H and O–H groups in total. The SMILES string of the molecule is CCCCC(CC)COC(=O)C(C)OC(=O)CCCOC(=O)C(C)C. The van der Waals surface area contributed by atoms with Crippen LogP contribution in [0.1, 0.15) is 73.1 Å². The number of ether oxygens (including phenoxy) is 3. The van der Waals surface area contributed by atoms with E-state index in [-0.39, 0.29) is 24.9 Å². The van der Waals surface area contributed by atoms with Crippen LogP contribution in [0.4, 0.5) is 0 Å². The van der Waals surface area contributed by atoms with Gasteiger partial charge >= 0.3 is 17.9 Å². The summed E-state index contributed by atoms with van der Waals surface area (Å²) in [4.78, 5) is 34.9. The van der Waals surface area contributed by atoms with E-state index in [4.69, 9.17) is 14.2 Å². The van der Waals surface area contributed by atoms with Gasteiger partial charge < -0.3 is 14.2 Å². The molecule has 0 aliphatic carbocycles. The zero-order chi connectivity index (χ0) is 19.2. The summed E-state index contributed by atoms with van der Waals surface area (Å²) in [5.74, 6) is -1.15. The molecule has 2 unspecified atom stereocenters. The predicted octanol–water partition coefficient (Wildman–Crippen LogP) is 3.66. The number of hydrogen-bond donors (Lipinski definition) is 0. The van der Waals surface area contributed by atoms with Gasteiger partial charge in [0.25, 0.3) is 0 Å². The summed E-state index contributed by atoms with van der Waals surface area (Å²) in [5, 5.41) is 0. The van der Waals surface area contributed by atoms with Crippen LogP contribution in [0.25, 0.3) is 0 Å². The van der Waals surface area contributed by atoms with Gasteiger partial charge in [0, 0.05) is 6.42 Å². The number of hydrogen-bond acceptors (Lipinski definition) is 6. The maximum absolute atomic E-state index is 11.9. The second-order valence-electron chi connectivity index (χ2n) is 6.60. The van der Waals surface area contributed by atoms with E-state index < -0.39 is 18.0 Å². The first-order chi connectivity index (χ1) is 11.8. The second-order valence-corrected chi connectivity index (χ2v) is 6.60. The Labute approximate surface area is 151 Å². The van der Waals surface area contributed by atoms with E-state index in [2.05, 4.69) is 13.8 Å². The Morgan fingerprint density at radius 3 is 2.16 bits per heavy atom. The average molecular weight is 358 g/mol. The summed E-state index contributed by atoms with van der Waals surface area (Å²) in [6, 6.07) is 0. The van der Waals surface area contributed by atoms with Crippen LogP contribution in [0.5, 0.6) is 0 Å². The average Bonchev–Trinajstić information content (AvgIpc) is 2.58. The van der Waals surface area contributed by atoms with Crippen LogP contribution >= 0.6 is 0 Å². The third-order valence-electron chi connectivity index (χ3n) is 3.89. The summed E-state index contributed by atoms with van der Waals surface area (Å²) in [5.41, 5.74) is 0. The van der Waals surface area contributed by atoms with Gasteiger partial charge in [0.2, 0.25) is 0 Å². The Morgan fingerprint density at radius 2 is 1.60 bits per heavy atom. The summed E-state index contributed by atoms with van der Waals surface area (Å²) in [6.07, 6.45) is 3.76. The monoisotopic (exact) mass is 358 g/mol. The van der Waals surface area contributed by atoms with Gasteiger partial charge in [-0.2, -0.15) is 0 Å². The molecule has 0 bridgehead atoms. The van der Waals surface area contributed by atoms with Crippen molar-refractivity contribution in [2.24, 2.45) is 11.8 Å². The summed E-state index contributed by atoms with van der Waals surface area (Å²) in [6.45, 7) is 9.73. The highest BCUT2D eigenvalue weighted by Gasteiger charge is 2.20. The molecule has 0 aromatic carbocycles. The lowest BCUT2D eigenvalue weighted by Gasteiger charge is -2.17. The van der Waals surface area contributed by atoms with Crippen LogP contribution in [-0.2, 0) is 28.6 Å². The lowest BCUT2D eigenvalue weighted by Crippen LogP contribution is -2.28. The maximum atomic E-state index is 11.9. The first kappa shape index (κ1) is 23.4. The van der Waals surface area contributed by atoms with Crippen molar-refractivity contribution in [3.63, 3.8) is 0 Å². The molecule has 0 amide bonds. The molecular weight excluding hydrogens is 324 g/mol. The fourth-order valence-electron chi connectivity index (χ4n) is 2.08. The maximum Gasteiger partial charge on any atom is 0.347 e. The molecule has 0 aromatic heterocycles. The predicted molar refractivity (Wildman–Crippen MR) is 94.9 cm³/mol. The standard InChI is InChI=1S/C19H34O6/c1-6-8-10-16(7-2)13-24-19(22)15(5)25-17(20)11-9-12-23-18(21)14(3)4/h14-16H,6-13H2,1-5H3. The van der Waals surface area contributed by atoms with Crippen molar-refractivity contribution >= 4 is 17.9 Å². The van der Waals surface area contributed by atoms with Crippen LogP contribution in [0.3, 0.4) is 0 Å². The van der Waals surface area contributed by atoms with E-state index >= 15 is 0 Å². The number of carbonyl (C=O) groups is 3. The Morgan fingerprint density at radius 1 is 0.920 bits per heavy atom. The zero-order valence-electron chi connectivity index (χ0n) is 16.3. The van der Waals surface area contributed by atoms with E-state index in [0.29, 0.717) is 18.9 Å². The number of unbranched alkanes of at least 4 members (excludes halogenated alkanes) is 1. The molecule has 0 saturated heterocycles. The van der Waals surface area contributed by atoms with Crippen molar-refractivity contribution in [2.75, 3.05) is 13.2 Å². The van der Waals surface area contributed by atoms with E-state index in [1.807, 2.05) is 0 Å². The topological polar surface area (TPSA) is 78.9 Å². The van der Waals surface area contributed by atoms with Crippen molar-refractivity contribution in [1.82, 2.24) is 0 Å². The molecular formula is C19H34O6. The molecule has 0 spiro atoms. The van der Waals surface area contributed by atoms with Gasteiger partial charge in [0.1, 0.15) is 0 Å². The van der Waals surface area contributed by atoms with E-state index in [1.165, 1.54) is 6.92 Å². The highest BCUT2D eigenvalue weighted by atomic mass is 16.6. The third-order valence-corrected chi connectivity index (χ3v) is 3.89. The van der Waals surface area contributed by atoms with Gasteiger partial charge in [-0.1, -0.05) is 47.0 Å². The highest BCUT2D eigenvalue weighted by Crippen LogP contribution is 2.13. The smallest absolute Gasteiger partial charge is 0.347 e. The Balaban J connectivity index is 3.97. The summed E-state index contributed by atoms with van der Waals surface area (Å²) in [7, 11) is 0. The second kappa shape index (κ2) is 13.7. The van der Waals surface area contributed by atoms with E-state index in [0.717, 1.165) is 25.7 Å². The van der Waals surface area contributed by atoms with Crippen LogP contribution in [0.15, 0.2) is 0 Å². The van der Waals surface area contributed by atoms with E-state index in [1.54, 1.807) is 13.8 Å². The Hall–Kier alpha value is -1.59. The van der Waals surface area contributed by atoms with Crippen LogP contribution in [0, 0.1) is 11.8 Å². The van der Waals surface area contributed by atoms with Crippen LogP contribution in [-0.4, -0.2) is 37.2 Å². The minimum atomic E-state index is -0.922. The number of carbonyl (C=O) groups excluding carboxylic acids is 3. The summed E-state index contributed by atoms with van der Waals surface area (Å²) < 4.78 is 15.3. The van der Waals surface area contributed by atoms with Gasteiger partial charge in [-0.05, 0) is 25.7 Å². The highest BCUT2D eigenvalue weighted by molar-refractivity contribution is 5.79. The molecule has 0 heterocycles. The quantitative estimate of drug-likeness (QED) is 0.284. The molecule has 25 heavy (non-hydrogen) atoms. The van der Waals surface area contributed by atoms with Crippen molar-refractivity contribution in [3.8, 4) is 0 Å². The van der Waals surface area contributed by atoms with Crippen molar-refractivity contribution < 1.29 is 28.6 Å². The largest absolute Gasteiger partial charge is 0.465 e. The van der Waals surface area contributed by atoms with Gasteiger partial charge in [-0.25, -0.2) is 4.79 Å². The molecule has 2 atom stereocenters. The normalized spacial score (nSPS) is 13.2. The summed E-state index contributed by atoms with van der Waals surface area (Å²) >= 11 is 0. The number of esters is 3. The minimum absolute atomic E-state index is 0.0943. The molecule has 0 fully saturated rings. The molecule has 0 aliphatic rings. The first-order valence-corrected chi connectivity index (χ1v) is 9.34. The number of rotatable bonds is 13. The molecule has 0 rings (SSSR count). The fraction of sp³-hybridized carbons (Fsp3) is 0.842. The molecule has 146 valence electrons. The third kappa shape index (κ3) is 11.6. The molecule has 6 heteroatoms. The van der Waals surface area contributed by atoms with Crippen LogP contribution < -0.4 is 0 Å². The Bertz CT molecular complexity index is 405. The molecule has 6 nitrogen and oxygen atoms in total. The van der Waals surface area contributed by atoms with Gasteiger partial charge in [0.05, 0.1) is 19.1 Å².